The molecular formula is C18H20ClN3O2. The molecule has 0 saturated heterocycles. The molecule has 0 aliphatic heterocycles. The minimum atomic E-state index is 0.209. The van der Waals surface area contributed by atoms with Gasteiger partial charge in [0.05, 0.1) is 7.11 Å². The van der Waals surface area contributed by atoms with E-state index < -0.39 is 0 Å². The molecule has 0 bridgehead atoms. The van der Waals surface area contributed by atoms with Gasteiger partial charge in [0.15, 0.2) is 10.8 Å². The standard InChI is InChI=1S/C18H20ClN3O2/c1-11(2)8-16-17(19)21-15(18(24-3)22(16)23)9-12-10-20-14-7-5-4-6-13(12)14/h4-7,10-11,20H,8-9H2,1-3H3. The fourth-order valence-corrected chi connectivity index (χ4v) is 3.14. The van der Waals surface area contributed by atoms with E-state index in [0.29, 0.717) is 30.1 Å². The van der Waals surface area contributed by atoms with Crippen molar-refractivity contribution in [1.29, 1.82) is 0 Å². The lowest BCUT2D eigenvalue weighted by atomic mass is 10.1. The van der Waals surface area contributed by atoms with Crippen molar-refractivity contribution in [3.8, 4) is 5.88 Å². The number of halogens is 1. The Labute approximate surface area is 145 Å². The number of aromatic nitrogens is 3. The van der Waals surface area contributed by atoms with Crippen LogP contribution in [0.5, 0.6) is 5.88 Å². The number of aromatic amines is 1. The van der Waals surface area contributed by atoms with Crippen LogP contribution in [0.25, 0.3) is 10.9 Å². The highest BCUT2D eigenvalue weighted by molar-refractivity contribution is 6.29. The first kappa shape index (κ1) is 16.6. The zero-order valence-electron chi connectivity index (χ0n) is 14.0. The molecule has 0 unspecified atom stereocenters. The van der Waals surface area contributed by atoms with Crippen LogP contribution in [0.3, 0.4) is 0 Å². The van der Waals surface area contributed by atoms with Crippen LogP contribution in [-0.4, -0.2) is 17.1 Å². The van der Waals surface area contributed by atoms with Gasteiger partial charge >= 0.3 is 5.88 Å². The third-order valence-corrected chi connectivity index (χ3v) is 4.28. The van der Waals surface area contributed by atoms with Gasteiger partial charge in [0.25, 0.3) is 0 Å². The molecule has 0 amide bonds. The van der Waals surface area contributed by atoms with Crippen LogP contribution >= 0.6 is 11.6 Å². The predicted octanol–water partition coefficient (Wildman–Crippen LogP) is 3.65. The van der Waals surface area contributed by atoms with Crippen molar-refractivity contribution in [3.05, 3.63) is 57.8 Å². The lowest BCUT2D eigenvalue weighted by molar-refractivity contribution is -0.621. The Morgan fingerprint density at radius 3 is 2.79 bits per heavy atom. The lowest BCUT2D eigenvalue weighted by Crippen LogP contribution is -2.37. The number of hydrogen-bond donors (Lipinski definition) is 1. The van der Waals surface area contributed by atoms with E-state index in [-0.39, 0.29) is 11.0 Å². The molecule has 3 rings (SSSR count). The summed E-state index contributed by atoms with van der Waals surface area (Å²) in [5.74, 6) is 0.508. The van der Waals surface area contributed by atoms with Crippen LogP contribution < -0.4 is 9.47 Å². The molecule has 5 nitrogen and oxygen atoms in total. The Morgan fingerprint density at radius 1 is 1.33 bits per heavy atom. The van der Waals surface area contributed by atoms with Crippen molar-refractivity contribution in [3.63, 3.8) is 0 Å². The lowest BCUT2D eigenvalue weighted by Gasteiger charge is -2.13. The Hall–Kier alpha value is -2.27. The molecule has 24 heavy (non-hydrogen) atoms. The predicted molar refractivity (Wildman–Crippen MR) is 94.4 cm³/mol. The minimum Gasteiger partial charge on any atom is -0.616 e. The van der Waals surface area contributed by atoms with Crippen LogP contribution in [0.4, 0.5) is 0 Å². The normalized spacial score (nSPS) is 11.4. The fourth-order valence-electron chi connectivity index (χ4n) is 2.88. The van der Waals surface area contributed by atoms with Crippen LogP contribution in [0, 0.1) is 11.1 Å². The highest BCUT2D eigenvalue weighted by atomic mass is 35.5. The van der Waals surface area contributed by atoms with Gasteiger partial charge in [-0.2, -0.15) is 0 Å². The third kappa shape index (κ3) is 3.04. The monoisotopic (exact) mass is 345 g/mol. The Bertz CT molecular complexity index is 874. The number of hydrogen-bond acceptors (Lipinski definition) is 3. The first-order valence-corrected chi connectivity index (χ1v) is 8.28. The molecule has 0 atom stereocenters. The number of methoxy groups -OCH3 is 1. The van der Waals surface area contributed by atoms with Gasteiger partial charge in [-0.15, -0.1) is 4.73 Å². The van der Waals surface area contributed by atoms with E-state index in [1.165, 1.54) is 7.11 Å². The van der Waals surface area contributed by atoms with Gasteiger partial charge in [-0.3, -0.25) is 0 Å². The zero-order valence-corrected chi connectivity index (χ0v) is 14.7. The van der Waals surface area contributed by atoms with E-state index in [1.807, 2.05) is 44.3 Å². The van der Waals surface area contributed by atoms with Crippen LogP contribution in [0.15, 0.2) is 30.5 Å². The summed E-state index contributed by atoms with van der Waals surface area (Å²) in [5.41, 5.74) is 3.08. The first-order valence-electron chi connectivity index (χ1n) is 7.91. The second-order valence-corrected chi connectivity index (χ2v) is 6.59. The highest BCUT2D eigenvalue weighted by Crippen LogP contribution is 2.25. The number of nitrogens with one attached hydrogen (secondary N) is 1. The van der Waals surface area contributed by atoms with Gasteiger partial charge in [-0.25, -0.2) is 4.98 Å². The van der Waals surface area contributed by atoms with Crippen molar-refractivity contribution in [1.82, 2.24) is 9.97 Å². The summed E-state index contributed by atoms with van der Waals surface area (Å²) >= 11 is 6.27. The second-order valence-electron chi connectivity index (χ2n) is 6.23. The molecule has 0 aliphatic carbocycles. The number of ether oxygens (including phenoxy) is 1. The molecule has 126 valence electrons. The Morgan fingerprint density at radius 2 is 2.08 bits per heavy atom. The maximum absolute atomic E-state index is 12.6. The highest BCUT2D eigenvalue weighted by Gasteiger charge is 2.25. The van der Waals surface area contributed by atoms with Crippen molar-refractivity contribution in [2.24, 2.45) is 5.92 Å². The third-order valence-electron chi connectivity index (χ3n) is 3.98. The summed E-state index contributed by atoms with van der Waals surface area (Å²) in [4.78, 5) is 7.67. The van der Waals surface area contributed by atoms with Crippen LogP contribution in [-0.2, 0) is 12.8 Å². The smallest absolute Gasteiger partial charge is 0.402 e. The summed E-state index contributed by atoms with van der Waals surface area (Å²) < 4.78 is 6.11. The number of H-pyrrole nitrogens is 1. The summed E-state index contributed by atoms with van der Waals surface area (Å²) in [7, 11) is 1.48. The molecular weight excluding hydrogens is 326 g/mol. The number of para-hydroxylation sites is 1. The summed E-state index contributed by atoms with van der Waals surface area (Å²) in [6, 6.07) is 8.01. The van der Waals surface area contributed by atoms with Gasteiger partial charge < -0.3 is 14.9 Å². The first-order chi connectivity index (χ1) is 11.5. The van der Waals surface area contributed by atoms with Crippen molar-refractivity contribution in [2.75, 3.05) is 7.11 Å². The van der Waals surface area contributed by atoms with E-state index >= 15 is 0 Å². The molecule has 6 heteroatoms. The van der Waals surface area contributed by atoms with Gasteiger partial charge in [0.2, 0.25) is 5.69 Å². The average Bonchev–Trinajstić information content (AvgIpc) is 2.95. The molecule has 0 fully saturated rings. The molecule has 0 saturated carbocycles. The summed E-state index contributed by atoms with van der Waals surface area (Å²) in [5, 5.41) is 14.0. The van der Waals surface area contributed by atoms with E-state index in [1.54, 1.807) is 0 Å². The maximum atomic E-state index is 12.6. The van der Waals surface area contributed by atoms with Crippen molar-refractivity contribution in [2.45, 2.75) is 26.7 Å². The number of rotatable bonds is 5. The average molecular weight is 346 g/mol. The SMILES string of the molecule is COc1c(Cc2c[nH]c3ccccc23)nc(Cl)c(CC(C)C)[n+]1[O-]. The molecule has 1 N–H and O–H groups in total. The summed E-state index contributed by atoms with van der Waals surface area (Å²) in [6.45, 7) is 4.06. The van der Waals surface area contributed by atoms with Crippen molar-refractivity contribution >= 4 is 22.5 Å². The molecule has 0 radical (unpaired) electrons. The summed E-state index contributed by atoms with van der Waals surface area (Å²) in [6.07, 6.45) is 2.95. The topological polar surface area (TPSA) is 64.8 Å². The fraction of sp³-hybridized carbons (Fsp3) is 0.333. The minimum absolute atomic E-state index is 0.209. The van der Waals surface area contributed by atoms with E-state index in [4.69, 9.17) is 16.3 Å². The number of benzene rings is 1. The second kappa shape index (κ2) is 6.69. The number of nitrogens with zero attached hydrogens (tertiary/aromatic N) is 2. The molecule has 3 aromatic rings. The quantitative estimate of drug-likeness (QED) is 0.567. The van der Waals surface area contributed by atoms with E-state index in [0.717, 1.165) is 21.2 Å². The molecule has 2 aromatic heterocycles. The van der Waals surface area contributed by atoms with Gasteiger partial charge in [0.1, 0.15) is 0 Å². The zero-order chi connectivity index (χ0) is 17.3. The molecule has 0 aliphatic rings. The number of fused-ring (bicyclic) bond motifs is 1. The van der Waals surface area contributed by atoms with Gasteiger partial charge in [-0.1, -0.05) is 43.6 Å². The Kier molecular flexibility index (Phi) is 4.62. The molecule has 1 aromatic carbocycles. The maximum Gasteiger partial charge on any atom is 0.402 e. The van der Waals surface area contributed by atoms with E-state index in [2.05, 4.69) is 9.97 Å². The van der Waals surface area contributed by atoms with E-state index in [9.17, 15) is 5.21 Å². The van der Waals surface area contributed by atoms with Crippen LogP contribution in [0.1, 0.15) is 30.8 Å². The molecule has 2 heterocycles. The molecule has 0 spiro atoms. The van der Waals surface area contributed by atoms with Gasteiger partial charge in [0, 0.05) is 29.9 Å². The van der Waals surface area contributed by atoms with Crippen molar-refractivity contribution < 1.29 is 9.47 Å². The Balaban J connectivity index is 2.04. The largest absolute Gasteiger partial charge is 0.616 e. The van der Waals surface area contributed by atoms with Crippen LogP contribution in [0.2, 0.25) is 5.15 Å². The van der Waals surface area contributed by atoms with Gasteiger partial charge in [-0.05, 0) is 17.5 Å².